The van der Waals surface area contributed by atoms with Gasteiger partial charge in [-0.15, -0.1) is 0 Å². The zero-order valence-electron chi connectivity index (χ0n) is 10.2. The molecule has 3 aromatic rings. The molecule has 0 aliphatic rings. The van der Waals surface area contributed by atoms with Crippen LogP contribution in [0.4, 0.5) is 6.01 Å². The molecule has 0 amide bonds. The molecule has 7 nitrogen and oxygen atoms in total. The van der Waals surface area contributed by atoms with Crippen LogP contribution >= 0.6 is 11.6 Å². The Kier molecular flexibility index (Phi) is 2.91. The van der Waals surface area contributed by atoms with Crippen molar-refractivity contribution in [3.63, 3.8) is 0 Å². The Morgan fingerprint density at radius 1 is 1.35 bits per heavy atom. The average molecular weight is 313 g/mol. The fourth-order valence-corrected chi connectivity index (χ4v) is 3.33. The van der Waals surface area contributed by atoms with Gasteiger partial charge in [-0.3, -0.25) is 4.40 Å². The van der Waals surface area contributed by atoms with Gasteiger partial charge in [0, 0.05) is 6.20 Å². The van der Waals surface area contributed by atoms with E-state index in [9.17, 15) is 8.42 Å². The predicted molar refractivity (Wildman–Crippen MR) is 72.3 cm³/mol. The Bertz CT molecular complexity index is 884. The Morgan fingerprint density at radius 3 is 2.85 bits per heavy atom. The van der Waals surface area contributed by atoms with Crippen molar-refractivity contribution in [1.82, 2.24) is 14.4 Å². The smallest absolute Gasteiger partial charge is 0.309 e. The molecule has 0 aliphatic carbocycles. The van der Waals surface area contributed by atoms with Crippen molar-refractivity contribution < 1.29 is 12.8 Å². The molecule has 20 heavy (non-hydrogen) atoms. The van der Waals surface area contributed by atoms with Crippen molar-refractivity contribution in [2.45, 2.75) is 11.9 Å². The Hall–Kier alpha value is -2.06. The number of imidazole rings is 1. The highest BCUT2D eigenvalue weighted by molar-refractivity contribution is 7.92. The van der Waals surface area contributed by atoms with E-state index in [2.05, 4.69) is 14.7 Å². The maximum absolute atomic E-state index is 12.4. The van der Waals surface area contributed by atoms with Crippen LogP contribution in [0, 0.1) is 6.92 Å². The summed E-state index contributed by atoms with van der Waals surface area (Å²) in [6.07, 6.45) is 2.90. The van der Waals surface area contributed by atoms with E-state index in [1.807, 2.05) is 0 Å². The third-order valence-electron chi connectivity index (χ3n) is 2.54. The number of anilines is 1. The first-order valence-corrected chi connectivity index (χ1v) is 7.41. The SMILES string of the molecule is Cc1coc(NS(=O)(=O)c2c(Cl)nc3ccccn23)n1. The quantitative estimate of drug-likeness (QED) is 0.799. The predicted octanol–water partition coefficient (Wildman–Crippen LogP) is 2.08. The first-order valence-electron chi connectivity index (χ1n) is 5.55. The van der Waals surface area contributed by atoms with Gasteiger partial charge >= 0.3 is 6.01 Å². The van der Waals surface area contributed by atoms with Gasteiger partial charge in [0.1, 0.15) is 11.9 Å². The number of rotatable bonds is 3. The first kappa shape index (κ1) is 12.9. The normalized spacial score (nSPS) is 11.9. The van der Waals surface area contributed by atoms with E-state index in [1.165, 1.54) is 10.7 Å². The lowest BCUT2D eigenvalue weighted by Gasteiger charge is -2.04. The second-order valence-electron chi connectivity index (χ2n) is 4.04. The molecular weight excluding hydrogens is 304 g/mol. The number of aromatic nitrogens is 3. The number of sulfonamides is 1. The van der Waals surface area contributed by atoms with Gasteiger partial charge in [0.05, 0.1) is 5.69 Å². The summed E-state index contributed by atoms with van der Waals surface area (Å²) in [6, 6.07) is 4.95. The summed E-state index contributed by atoms with van der Waals surface area (Å²) in [4.78, 5) is 7.87. The van der Waals surface area contributed by atoms with Crippen LogP contribution in [0.5, 0.6) is 0 Å². The topological polar surface area (TPSA) is 89.5 Å². The van der Waals surface area contributed by atoms with Crippen molar-refractivity contribution in [3.05, 3.63) is 41.5 Å². The fraction of sp³-hybridized carbons (Fsp3) is 0.0909. The molecule has 0 saturated heterocycles. The zero-order valence-corrected chi connectivity index (χ0v) is 11.8. The zero-order chi connectivity index (χ0) is 14.3. The second-order valence-corrected chi connectivity index (χ2v) is 5.99. The summed E-state index contributed by atoms with van der Waals surface area (Å²) in [5.74, 6) is 0. The lowest BCUT2D eigenvalue weighted by molar-refractivity contribution is 0.568. The van der Waals surface area contributed by atoms with Gasteiger partial charge < -0.3 is 4.42 Å². The van der Waals surface area contributed by atoms with E-state index in [-0.39, 0.29) is 16.2 Å². The molecule has 0 bridgehead atoms. The molecule has 3 heterocycles. The van der Waals surface area contributed by atoms with E-state index in [4.69, 9.17) is 16.0 Å². The number of pyridine rings is 1. The molecule has 1 N–H and O–H groups in total. The standard InChI is InChI=1S/C11H9ClN4O3S/c1-7-6-19-11(13-7)15-20(17,18)10-9(12)14-8-4-2-3-5-16(8)10/h2-6H,1H3,(H,13,15). The molecule has 0 spiro atoms. The molecule has 0 atom stereocenters. The van der Waals surface area contributed by atoms with E-state index in [0.717, 1.165) is 0 Å². The van der Waals surface area contributed by atoms with Gasteiger partial charge in [-0.2, -0.15) is 13.4 Å². The van der Waals surface area contributed by atoms with Crippen LogP contribution in [0.3, 0.4) is 0 Å². The number of oxazole rings is 1. The number of halogens is 1. The third-order valence-corrected chi connectivity index (χ3v) is 4.26. The number of hydrogen-bond donors (Lipinski definition) is 1. The van der Waals surface area contributed by atoms with Gasteiger partial charge in [0.15, 0.2) is 10.2 Å². The van der Waals surface area contributed by atoms with Crippen LogP contribution in [-0.2, 0) is 10.0 Å². The maximum Gasteiger partial charge on any atom is 0.309 e. The van der Waals surface area contributed by atoms with Crippen LogP contribution in [0.2, 0.25) is 5.15 Å². The minimum absolute atomic E-state index is 0.119. The highest BCUT2D eigenvalue weighted by Gasteiger charge is 2.25. The molecule has 9 heteroatoms. The van der Waals surface area contributed by atoms with E-state index >= 15 is 0 Å². The van der Waals surface area contributed by atoms with Crippen molar-refractivity contribution in [2.75, 3.05) is 4.72 Å². The lowest BCUT2D eigenvalue weighted by Crippen LogP contribution is -2.15. The summed E-state index contributed by atoms with van der Waals surface area (Å²) in [5.41, 5.74) is 0.994. The summed E-state index contributed by atoms with van der Waals surface area (Å²) in [5, 5.41) is -0.280. The summed E-state index contributed by atoms with van der Waals surface area (Å²) < 4.78 is 33.3. The van der Waals surface area contributed by atoms with Crippen molar-refractivity contribution in [1.29, 1.82) is 0 Å². The number of nitrogens with one attached hydrogen (secondary N) is 1. The summed E-state index contributed by atoms with van der Waals surface area (Å²) >= 11 is 5.92. The van der Waals surface area contributed by atoms with Crippen LogP contribution in [0.25, 0.3) is 5.65 Å². The van der Waals surface area contributed by atoms with Gasteiger partial charge in [-0.1, -0.05) is 17.7 Å². The molecule has 0 saturated carbocycles. The maximum atomic E-state index is 12.4. The molecule has 104 valence electrons. The Labute approximate surface area is 119 Å². The molecular formula is C11H9ClN4O3S. The largest absolute Gasteiger partial charge is 0.431 e. The molecule has 0 aromatic carbocycles. The van der Waals surface area contributed by atoms with Crippen LogP contribution in [0.1, 0.15) is 5.69 Å². The number of fused-ring (bicyclic) bond motifs is 1. The molecule has 3 rings (SSSR count). The minimum Gasteiger partial charge on any atom is -0.431 e. The number of aryl methyl sites for hydroxylation is 1. The number of hydrogen-bond acceptors (Lipinski definition) is 5. The van der Waals surface area contributed by atoms with E-state index < -0.39 is 10.0 Å². The minimum atomic E-state index is -3.95. The van der Waals surface area contributed by atoms with Crippen molar-refractivity contribution in [2.24, 2.45) is 0 Å². The third kappa shape index (κ3) is 2.12. The molecule has 0 radical (unpaired) electrons. The Morgan fingerprint density at radius 2 is 2.15 bits per heavy atom. The molecule has 0 fully saturated rings. The second kappa shape index (κ2) is 4.50. The molecule has 0 aliphatic heterocycles. The first-order chi connectivity index (χ1) is 9.47. The lowest BCUT2D eigenvalue weighted by atomic mass is 10.5. The summed E-state index contributed by atoms with van der Waals surface area (Å²) in [7, 11) is -3.95. The van der Waals surface area contributed by atoms with Gasteiger partial charge in [0.25, 0.3) is 10.0 Å². The van der Waals surface area contributed by atoms with Crippen LogP contribution < -0.4 is 4.72 Å². The van der Waals surface area contributed by atoms with Gasteiger partial charge in [-0.25, -0.2) is 9.71 Å². The van der Waals surface area contributed by atoms with Gasteiger partial charge in [-0.05, 0) is 19.1 Å². The van der Waals surface area contributed by atoms with Crippen LogP contribution in [0.15, 0.2) is 40.1 Å². The fourth-order valence-electron chi connectivity index (χ4n) is 1.75. The van der Waals surface area contributed by atoms with Crippen molar-refractivity contribution >= 4 is 33.3 Å². The van der Waals surface area contributed by atoms with Crippen molar-refractivity contribution in [3.8, 4) is 0 Å². The molecule has 3 aromatic heterocycles. The van der Waals surface area contributed by atoms with Gasteiger partial charge in [0.2, 0.25) is 0 Å². The Balaban J connectivity index is 2.11. The van der Waals surface area contributed by atoms with E-state index in [0.29, 0.717) is 11.3 Å². The number of nitrogens with zero attached hydrogens (tertiary/aromatic N) is 3. The molecule has 0 unspecified atom stereocenters. The highest BCUT2D eigenvalue weighted by atomic mass is 35.5. The van der Waals surface area contributed by atoms with E-state index in [1.54, 1.807) is 31.3 Å². The average Bonchev–Trinajstić information content (AvgIpc) is 2.91. The monoisotopic (exact) mass is 312 g/mol. The highest BCUT2D eigenvalue weighted by Crippen LogP contribution is 2.24. The van der Waals surface area contributed by atoms with Crippen LogP contribution in [-0.4, -0.2) is 22.8 Å². The summed E-state index contributed by atoms with van der Waals surface area (Å²) in [6.45, 7) is 1.68.